The van der Waals surface area contributed by atoms with Crippen LogP contribution in [0.2, 0.25) is 0 Å². The number of para-hydroxylation sites is 1. The Bertz CT molecular complexity index is 740. The predicted octanol–water partition coefficient (Wildman–Crippen LogP) is 3.25. The fraction of sp³-hybridized carbons (Fsp3) is 0.263. The first-order valence-corrected chi connectivity index (χ1v) is 7.86. The highest BCUT2D eigenvalue weighted by Gasteiger charge is 2.08. The molecule has 0 aromatic heterocycles. The lowest BCUT2D eigenvalue weighted by Gasteiger charge is -2.10. The van der Waals surface area contributed by atoms with Crippen molar-refractivity contribution in [3.05, 3.63) is 53.6 Å². The zero-order chi connectivity index (χ0) is 18.2. The van der Waals surface area contributed by atoms with Gasteiger partial charge in [-0.1, -0.05) is 6.07 Å². The number of hydrazone groups is 1. The van der Waals surface area contributed by atoms with Crippen LogP contribution in [-0.4, -0.2) is 32.4 Å². The summed E-state index contributed by atoms with van der Waals surface area (Å²) >= 11 is 0. The monoisotopic (exact) mass is 342 g/mol. The lowest BCUT2D eigenvalue weighted by atomic mass is 10.2. The van der Waals surface area contributed by atoms with Gasteiger partial charge in [0.1, 0.15) is 5.75 Å². The molecule has 132 valence electrons. The molecule has 0 bridgehead atoms. The second kappa shape index (κ2) is 8.73. The number of hydrogen-bond donors (Lipinski definition) is 1. The Labute approximate surface area is 147 Å². The molecule has 0 saturated carbocycles. The normalized spacial score (nSPS) is 10.8. The van der Waals surface area contributed by atoms with Gasteiger partial charge in [-0.3, -0.25) is 4.79 Å². The Morgan fingerprint density at radius 3 is 2.40 bits per heavy atom. The van der Waals surface area contributed by atoms with Crippen LogP contribution in [0.15, 0.2) is 47.6 Å². The molecule has 1 N–H and O–H groups in total. The van der Waals surface area contributed by atoms with Crippen LogP contribution in [0.1, 0.15) is 29.8 Å². The molecular weight excluding hydrogens is 320 g/mol. The number of ether oxygens (including phenoxy) is 3. The molecular formula is C19H22N2O4. The Kier molecular flexibility index (Phi) is 6.39. The number of carbonyl (C=O) groups excluding carboxylic acids is 1. The maximum Gasteiger partial charge on any atom is 0.271 e. The Morgan fingerprint density at radius 1 is 1.08 bits per heavy atom. The largest absolute Gasteiger partial charge is 0.493 e. The van der Waals surface area contributed by atoms with Crippen LogP contribution in [0.25, 0.3) is 0 Å². The molecule has 0 unspecified atom stereocenters. The molecule has 0 aliphatic heterocycles. The molecule has 2 aromatic carbocycles. The van der Waals surface area contributed by atoms with Crippen LogP contribution >= 0.6 is 0 Å². The maximum absolute atomic E-state index is 12.1. The molecule has 0 aliphatic rings. The summed E-state index contributed by atoms with van der Waals surface area (Å²) in [5.41, 5.74) is 3.68. The van der Waals surface area contributed by atoms with Crippen LogP contribution in [0.5, 0.6) is 17.2 Å². The summed E-state index contributed by atoms with van der Waals surface area (Å²) in [6, 6.07) is 12.3. The summed E-state index contributed by atoms with van der Waals surface area (Å²) in [5, 5.41) is 3.98. The molecule has 0 fully saturated rings. The standard InChI is InChI=1S/C19H22N2O4/c1-13(2)25-16-10-8-14(9-11-16)19(22)21-20-12-15-6-5-7-17(23-3)18(15)24-4/h5-13H,1-4H3,(H,21,22). The molecule has 0 radical (unpaired) electrons. The number of rotatable bonds is 7. The van der Waals surface area contributed by atoms with E-state index in [0.717, 1.165) is 5.75 Å². The third-order valence-electron chi connectivity index (χ3n) is 3.29. The highest BCUT2D eigenvalue weighted by molar-refractivity contribution is 5.95. The second-order valence-corrected chi connectivity index (χ2v) is 5.47. The minimum Gasteiger partial charge on any atom is -0.493 e. The van der Waals surface area contributed by atoms with E-state index in [9.17, 15) is 4.79 Å². The van der Waals surface area contributed by atoms with Crippen molar-refractivity contribution in [2.24, 2.45) is 5.10 Å². The first kappa shape index (κ1) is 18.3. The van der Waals surface area contributed by atoms with Crippen LogP contribution in [-0.2, 0) is 0 Å². The van der Waals surface area contributed by atoms with Crippen molar-refractivity contribution in [3.8, 4) is 17.2 Å². The van der Waals surface area contributed by atoms with E-state index in [1.54, 1.807) is 44.6 Å². The fourth-order valence-corrected chi connectivity index (χ4v) is 2.20. The number of carbonyl (C=O) groups is 1. The van der Waals surface area contributed by atoms with Gasteiger partial charge in [-0.15, -0.1) is 0 Å². The van der Waals surface area contributed by atoms with Crippen molar-refractivity contribution < 1.29 is 19.0 Å². The molecule has 0 spiro atoms. The lowest BCUT2D eigenvalue weighted by Crippen LogP contribution is -2.17. The zero-order valence-electron chi connectivity index (χ0n) is 14.8. The van der Waals surface area contributed by atoms with Gasteiger partial charge in [-0.2, -0.15) is 5.10 Å². The molecule has 6 heteroatoms. The lowest BCUT2D eigenvalue weighted by molar-refractivity contribution is 0.0955. The van der Waals surface area contributed by atoms with Gasteiger partial charge in [0.25, 0.3) is 5.91 Å². The molecule has 25 heavy (non-hydrogen) atoms. The van der Waals surface area contributed by atoms with Gasteiger partial charge in [0.2, 0.25) is 0 Å². The first-order chi connectivity index (χ1) is 12.0. The first-order valence-electron chi connectivity index (χ1n) is 7.86. The number of amides is 1. The van der Waals surface area contributed by atoms with E-state index in [-0.39, 0.29) is 12.0 Å². The third-order valence-corrected chi connectivity index (χ3v) is 3.29. The molecule has 0 saturated heterocycles. The minimum absolute atomic E-state index is 0.0853. The van der Waals surface area contributed by atoms with E-state index in [1.807, 2.05) is 26.0 Å². The van der Waals surface area contributed by atoms with Gasteiger partial charge in [0.05, 0.1) is 26.5 Å². The average Bonchev–Trinajstić information content (AvgIpc) is 2.61. The van der Waals surface area contributed by atoms with Crippen molar-refractivity contribution in [1.29, 1.82) is 0 Å². The number of nitrogens with zero attached hydrogens (tertiary/aromatic N) is 1. The van der Waals surface area contributed by atoms with Crippen LogP contribution in [0, 0.1) is 0 Å². The smallest absolute Gasteiger partial charge is 0.271 e. The summed E-state index contributed by atoms with van der Waals surface area (Å²) in [6.07, 6.45) is 1.59. The second-order valence-electron chi connectivity index (χ2n) is 5.47. The zero-order valence-corrected chi connectivity index (χ0v) is 14.8. The van der Waals surface area contributed by atoms with Crippen molar-refractivity contribution in [1.82, 2.24) is 5.43 Å². The van der Waals surface area contributed by atoms with Crippen molar-refractivity contribution in [2.75, 3.05) is 14.2 Å². The molecule has 6 nitrogen and oxygen atoms in total. The number of methoxy groups -OCH3 is 2. The highest BCUT2D eigenvalue weighted by Crippen LogP contribution is 2.29. The van der Waals surface area contributed by atoms with Gasteiger partial charge in [-0.05, 0) is 50.2 Å². The van der Waals surface area contributed by atoms with Gasteiger partial charge < -0.3 is 14.2 Å². The quantitative estimate of drug-likeness (QED) is 0.619. The summed E-state index contributed by atoms with van der Waals surface area (Å²) in [5.74, 6) is 1.56. The van der Waals surface area contributed by atoms with Crippen molar-refractivity contribution >= 4 is 12.1 Å². The van der Waals surface area contributed by atoms with E-state index in [1.165, 1.54) is 6.21 Å². The van der Waals surface area contributed by atoms with E-state index in [2.05, 4.69) is 10.5 Å². The predicted molar refractivity (Wildman–Crippen MR) is 96.8 cm³/mol. The van der Waals surface area contributed by atoms with E-state index >= 15 is 0 Å². The molecule has 2 aromatic rings. The highest BCUT2D eigenvalue weighted by atomic mass is 16.5. The Hall–Kier alpha value is -3.02. The van der Waals surface area contributed by atoms with E-state index < -0.39 is 0 Å². The molecule has 0 aliphatic carbocycles. The summed E-state index contributed by atoms with van der Waals surface area (Å²) < 4.78 is 16.1. The summed E-state index contributed by atoms with van der Waals surface area (Å²) in [7, 11) is 3.11. The summed E-state index contributed by atoms with van der Waals surface area (Å²) in [6.45, 7) is 3.89. The topological polar surface area (TPSA) is 69.2 Å². The van der Waals surface area contributed by atoms with Crippen LogP contribution in [0.3, 0.4) is 0 Å². The molecule has 0 heterocycles. The van der Waals surface area contributed by atoms with Crippen LogP contribution in [0.4, 0.5) is 0 Å². The van der Waals surface area contributed by atoms with Crippen molar-refractivity contribution in [2.45, 2.75) is 20.0 Å². The molecule has 1 amide bonds. The maximum atomic E-state index is 12.1. The number of benzene rings is 2. The van der Waals surface area contributed by atoms with Gasteiger partial charge >= 0.3 is 0 Å². The van der Waals surface area contributed by atoms with Crippen molar-refractivity contribution in [3.63, 3.8) is 0 Å². The van der Waals surface area contributed by atoms with Gasteiger partial charge in [-0.25, -0.2) is 5.43 Å². The summed E-state index contributed by atoms with van der Waals surface area (Å²) in [4.78, 5) is 12.1. The van der Waals surface area contributed by atoms with E-state index in [4.69, 9.17) is 14.2 Å². The Morgan fingerprint density at radius 2 is 1.80 bits per heavy atom. The molecule has 0 atom stereocenters. The van der Waals surface area contributed by atoms with Gasteiger partial charge in [0, 0.05) is 11.1 Å². The number of nitrogens with one attached hydrogen (secondary N) is 1. The molecule has 2 rings (SSSR count). The van der Waals surface area contributed by atoms with Crippen LogP contribution < -0.4 is 19.6 Å². The Balaban J connectivity index is 2.03. The average molecular weight is 342 g/mol. The van der Waals surface area contributed by atoms with E-state index in [0.29, 0.717) is 22.6 Å². The SMILES string of the molecule is COc1cccc(C=NNC(=O)c2ccc(OC(C)C)cc2)c1OC. The number of hydrogen-bond acceptors (Lipinski definition) is 5. The van der Waals surface area contributed by atoms with Gasteiger partial charge in [0.15, 0.2) is 11.5 Å². The third kappa shape index (κ3) is 4.97. The fourth-order valence-electron chi connectivity index (χ4n) is 2.20. The minimum atomic E-state index is -0.311.